The van der Waals surface area contributed by atoms with E-state index in [0.717, 1.165) is 12.8 Å². The van der Waals surface area contributed by atoms with Crippen LogP contribution in [0.5, 0.6) is 0 Å². The van der Waals surface area contributed by atoms with Crippen LogP contribution in [-0.2, 0) is 33.3 Å². The van der Waals surface area contributed by atoms with Crippen molar-refractivity contribution in [1.29, 1.82) is 0 Å². The molecule has 11 atom stereocenters. The van der Waals surface area contributed by atoms with Crippen LogP contribution in [0, 0.1) is 23.7 Å². The fraction of sp³-hybridized carbons (Fsp3) is 0.897. The SMILES string of the molecule is CCC1O[C@@H](C(=O)O)[C@@H](OC)[C@@H]1CO.CCC1O[C@H](C(=O)O)[C@@H](OC)[C@@H]1CO.CC[C@H]([C@H](O)CC(C)=O)[C@@H](C)CC. The second-order valence-electron chi connectivity index (χ2n) is 10.7. The van der Waals surface area contributed by atoms with Gasteiger partial charge in [0.1, 0.15) is 18.0 Å². The van der Waals surface area contributed by atoms with Crippen LogP contribution in [0.3, 0.4) is 0 Å². The first-order valence-electron chi connectivity index (χ1n) is 14.5. The van der Waals surface area contributed by atoms with Crippen molar-refractivity contribution in [2.75, 3.05) is 27.4 Å². The van der Waals surface area contributed by atoms with E-state index < -0.39 is 42.5 Å². The third kappa shape index (κ3) is 11.5. The zero-order valence-corrected chi connectivity index (χ0v) is 25.9. The van der Waals surface area contributed by atoms with Gasteiger partial charge in [-0.1, -0.05) is 47.5 Å². The number of ketones is 1. The van der Waals surface area contributed by atoms with Crippen molar-refractivity contribution in [2.45, 2.75) is 116 Å². The van der Waals surface area contributed by atoms with E-state index in [1.54, 1.807) is 0 Å². The summed E-state index contributed by atoms with van der Waals surface area (Å²) in [5.41, 5.74) is 0. The summed E-state index contributed by atoms with van der Waals surface area (Å²) in [4.78, 5) is 32.4. The van der Waals surface area contributed by atoms with E-state index in [9.17, 15) is 19.5 Å². The number of aliphatic hydroxyl groups excluding tert-OH is 3. The van der Waals surface area contributed by atoms with Crippen molar-refractivity contribution in [3.8, 4) is 0 Å². The number of methoxy groups -OCH3 is 2. The number of aliphatic hydroxyl groups is 3. The lowest BCUT2D eigenvalue weighted by molar-refractivity contribution is -0.155. The number of rotatable bonds is 14. The molecular weight excluding hydrogens is 540 g/mol. The van der Waals surface area contributed by atoms with E-state index in [2.05, 4.69) is 20.8 Å². The van der Waals surface area contributed by atoms with Gasteiger partial charge in [0.2, 0.25) is 0 Å². The average molecular weight is 595 g/mol. The van der Waals surface area contributed by atoms with Crippen molar-refractivity contribution in [2.24, 2.45) is 23.7 Å². The summed E-state index contributed by atoms with van der Waals surface area (Å²) in [5.74, 6) is -1.71. The lowest BCUT2D eigenvalue weighted by Crippen LogP contribution is -2.36. The average Bonchev–Trinajstić information content (AvgIpc) is 3.50. The largest absolute Gasteiger partial charge is 0.479 e. The van der Waals surface area contributed by atoms with Gasteiger partial charge in [0.15, 0.2) is 12.2 Å². The second kappa shape index (κ2) is 20.3. The molecule has 0 aliphatic carbocycles. The topological polar surface area (TPSA) is 189 Å². The molecule has 0 radical (unpaired) electrons. The molecule has 5 N–H and O–H groups in total. The molecule has 2 aliphatic heterocycles. The maximum atomic E-state index is 10.8. The molecule has 0 amide bonds. The normalized spacial score (nSPS) is 31.2. The maximum Gasteiger partial charge on any atom is 0.335 e. The Labute approximate surface area is 244 Å². The minimum Gasteiger partial charge on any atom is -0.479 e. The number of ether oxygens (including phenoxy) is 4. The Morgan fingerprint density at radius 2 is 1.17 bits per heavy atom. The van der Waals surface area contributed by atoms with Gasteiger partial charge in [-0.25, -0.2) is 9.59 Å². The Morgan fingerprint density at radius 3 is 1.39 bits per heavy atom. The second-order valence-corrected chi connectivity index (χ2v) is 10.7. The Kier molecular flexibility index (Phi) is 19.4. The monoisotopic (exact) mass is 594 g/mol. The summed E-state index contributed by atoms with van der Waals surface area (Å²) in [6.45, 7) is 11.4. The van der Waals surface area contributed by atoms with E-state index in [1.807, 2.05) is 13.8 Å². The van der Waals surface area contributed by atoms with Gasteiger partial charge >= 0.3 is 11.9 Å². The number of carboxylic acids is 2. The summed E-state index contributed by atoms with van der Waals surface area (Å²) in [6, 6.07) is 0. The first kappa shape index (κ1) is 39.3. The molecule has 0 saturated carbocycles. The molecule has 0 aromatic rings. The molecule has 2 saturated heterocycles. The molecular formula is C29H54O12. The smallest absolute Gasteiger partial charge is 0.335 e. The van der Waals surface area contributed by atoms with Gasteiger partial charge < -0.3 is 44.5 Å². The van der Waals surface area contributed by atoms with Gasteiger partial charge in [0.05, 0.1) is 31.5 Å². The molecule has 12 heteroatoms. The Balaban J connectivity index is 0.000000586. The third-order valence-electron chi connectivity index (χ3n) is 8.13. The molecule has 2 fully saturated rings. The molecule has 2 rings (SSSR count). The first-order chi connectivity index (χ1) is 19.3. The Hall–Kier alpha value is -1.67. The van der Waals surface area contributed by atoms with Gasteiger partial charge in [-0.15, -0.1) is 0 Å². The van der Waals surface area contributed by atoms with Gasteiger partial charge in [0, 0.05) is 32.5 Å². The highest BCUT2D eigenvalue weighted by Gasteiger charge is 2.48. The third-order valence-corrected chi connectivity index (χ3v) is 8.13. The number of Topliss-reactive ketones (excluding diaryl/α,β-unsaturated/α-hetero) is 1. The van der Waals surface area contributed by atoms with E-state index >= 15 is 0 Å². The summed E-state index contributed by atoms with van der Waals surface area (Å²) >= 11 is 0. The van der Waals surface area contributed by atoms with Crippen molar-refractivity contribution in [1.82, 2.24) is 0 Å². The van der Waals surface area contributed by atoms with Crippen LogP contribution < -0.4 is 0 Å². The Bertz CT molecular complexity index is 718. The van der Waals surface area contributed by atoms with Gasteiger partial charge in [0.25, 0.3) is 0 Å². The van der Waals surface area contributed by atoms with Crippen LogP contribution >= 0.6 is 0 Å². The molecule has 2 aliphatic rings. The summed E-state index contributed by atoms with van der Waals surface area (Å²) in [7, 11) is 2.87. The number of hydrogen-bond donors (Lipinski definition) is 5. The maximum absolute atomic E-state index is 10.8. The first-order valence-corrected chi connectivity index (χ1v) is 14.5. The zero-order chi connectivity index (χ0) is 31.9. The highest BCUT2D eigenvalue weighted by atomic mass is 16.6. The number of carbonyl (C=O) groups excluding carboxylic acids is 1. The zero-order valence-electron chi connectivity index (χ0n) is 25.9. The molecule has 0 bridgehead atoms. The van der Waals surface area contributed by atoms with Gasteiger partial charge in [-0.2, -0.15) is 0 Å². The minimum absolute atomic E-state index is 0.0780. The molecule has 2 unspecified atom stereocenters. The molecule has 2 heterocycles. The van der Waals surface area contributed by atoms with Crippen LogP contribution in [0.1, 0.15) is 73.6 Å². The highest BCUT2D eigenvalue weighted by Crippen LogP contribution is 2.32. The van der Waals surface area contributed by atoms with Crippen LogP contribution in [0.2, 0.25) is 0 Å². The van der Waals surface area contributed by atoms with Gasteiger partial charge in [-0.3, -0.25) is 4.79 Å². The molecule has 242 valence electrons. The van der Waals surface area contributed by atoms with Crippen molar-refractivity contribution < 1.29 is 58.9 Å². The van der Waals surface area contributed by atoms with Crippen molar-refractivity contribution in [3.63, 3.8) is 0 Å². The van der Waals surface area contributed by atoms with Crippen LogP contribution in [0.4, 0.5) is 0 Å². The molecule has 0 aromatic heterocycles. The van der Waals surface area contributed by atoms with Crippen LogP contribution in [0.25, 0.3) is 0 Å². The summed E-state index contributed by atoms with van der Waals surface area (Å²) < 4.78 is 20.7. The quantitative estimate of drug-likeness (QED) is 0.197. The number of carboxylic acid groups (broad SMARTS) is 2. The number of carbonyl (C=O) groups is 3. The van der Waals surface area contributed by atoms with Crippen molar-refractivity contribution >= 4 is 17.7 Å². The molecule has 0 aromatic carbocycles. The summed E-state index contributed by atoms with van der Waals surface area (Å²) in [6.07, 6.45) is -0.257. The lowest BCUT2D eigenvalue weighted by atomic mass is 9.83. The number of aliphatic carboxylic acids is 2. The fourth-order valence-electron chi connectivity index (χ4n) is 5.64. The lowest BCUT2D eigenvalue weighted by Gasteiger charge is -2.26. The van der Waals surface area contributed by atoms with E-state index in [0.29, 0.717) is 25.2 Å². The molecule has 41 heavy (non-hydrogen) atoms. The van der Waals surface area contributed by atoms with Crippen LogP contribution in [0.15, 0.2) is 0 Å². The minimum atomic E-state index is -1.04. The Morgan fingerprint density at radius 1 is 0.780 bits per heavy atom. The van der Waals surface area contributed by atoms with E-state index in [-0.39, 0.29) is 49.0 Å². The predicted molar refractivity (Wildman–Crippen MR) is 150 cm³/mol. The van der Waals surface area contributed by atoms with Crippen LogP contribution in [-0.4, -0.2) is 113 Å². The fourth-order valence-corrected chi connectivity index (χ4v) is 5.64. The summed E-state index contributed by atoms with van der Waals surface area (Å²) in [5, 5.41) is 45.7. The molecule has 12 nitrogen and oxygen atoms in total. The van der Waals surface area contributed by atoms with Gasteiger partial charge in [-0.05, 0) is 31.6 Å². The molecule has 0 spiro atoms. The van der Waals surface area contributed by atoms with E-state index in [4.69, 9.17) is 39.4 Å². The highest BCUT2D eigenvalue weighted by molar-refractivity contribution is 5.76. The number of hydrogen-bond acceptors (Lipinski definition) is 10. The predicted octanol–water partition coefficient (Wildman–Crippen LogP) is 2.14. The standard InChI is InChI=1S/C11H22O2.2C9H16O5/c1-5-8(3)10(6-2)11(13)7-9(4)12;2*1-3-6-5(4-10)7(13-2)8(14-6)9(11)12/h8,10-11,13H,5-7H2,1-4H3;2*5-8,10H,3-4H2,1-2H3,(H,11,12)/t8-,10-,11+;5-,6?,7+,8+;5-,6?,7+,8-/m011/s1. The van der Waals surface area contributed by atoms with Crippen molar-refractivity contribution in [3.05, 3.63) is 0 Å². The van der Waals surface area contributed by atoms with E-state index in [1.165, 1.54) is 21.1 Å².